The fourth-order valence-electron chi connectivity index (χ4n) is 2.70. The molecular weight excluding hydrogens is 352 g/mol. The average Bonchev–Trinajstić information content (AvgIpc) is 2.72. The van der Waals surface area contributed by atoms with Crippen LogP contribution in [-0.4, -0.2) is 28.4 Å². The van der Waals surface area contributed by atoms with Crippen molar-refractivity contribution >= 4 is 5.91 Å². The summed E-state index contributed by atoms with van der Waals surface area (Å²) < 4.78 is 11.3. The quantitative estimate of drug-likeness (QED) is 0.572. The number of carbonyl (C=O) groups excluding carboxylic acids is 1. The number of hydrogen-bond acceptors (Lipinski definition) is 4. The van der Waals surface area contributed by atoms with E-state index < -0.39 is 0 Å². The van der Waals surface area contributed by atoms with Crippen LogP contribution < -0.4 is 9.47 Å². The van der Waals surface area contributed by atoms with E-state index in [2.05, 4.69) is 4.98 Å². The maximum Gasteiger partial charge on any atom is 0.261 e. The van der Waals surface area contributed by atoms with E-state index in [1.54, 1.807) is 36.5 Å². The topological polar surface area (TPSA) is 51.7 Å². The summed E-state index contributed by atoms with van der Waals surface area (Å²) in [5.41, 5.74) is 1.10. The van der Waals surface area contributed by atoms with Crippen molar-refractivity contribution in [3.8, 4) is 17.4 Å². The molecule has 144 valence electrons. The van der Waals surface area contributed by atoms with Crippen LogP contribution in [0.15, 0.2) is 79.0 Å². The number of nitrogens with zero attached hydrogens (tertiary/aromatic N) is 2. The Bertz CT molecular complexity index is 865. The minimum absolute atomic E-state index is 0.00847. The maximum absolute atomic E-state index is 12.6. The number of amides is 1. The van der Waals surface area contributed by atoms with Gasteiger partial charge in [0.1, 0.15) is 11.5 Å². The lowest BCUT2D eigenvalue weighted by molar-refractivity contribution is -0.135. The molecule has 0 saturated carbocycles. The second kappa shape index (κ2) is 9.55. The van der Waals surface area contributed by atoms with Crippen LogP contribution in [0.5, 0.6) is 17.4 Å². The van der Waals surface area contributed by atoms with Gasteiger partial charge >= 0.3 is 0 Å². The van der Waals surface area contributed by atoms with E-state index in [0.29, 0.717) is 23.9 Å². The van der Waals surface area contributed by atoms with Crippen molar-refractivity contribution in [2.24, 2.45) is 0 Å². The van der Waals surface area contributed by atoms with Gasteiger partial charge in [0.15, 0.2) is 6.61 Å². The first kappa shape index (κ1) is 19.4. The summed E-state index contributed by atoms with van der Waals surface area (Å²) >= 11 is 0. The first-order valence-electron chi connectivity index (χ1n) is 9.27. The summed E-state index contributed by atoms with van der Waals surface area (Å²) in [5.74, 6) is 1.75. The molecule has 5 heteroatoms. The zero-order valence-electron chi connectivity index (χ0n) is 16.1. The van der Waals surface area contributed by atoms with Gasteiger partial charge in [0.05, 0.1) is 0 Å². The molecule has 1 heterocycles. The highest BCUT2D eigenvalue weighted by Gasteiger charge is 2.18. The molecule has 0 aliphatic heterocycles. The molecule has 0 aliphatic rings. The fourth-order valence-corrected chi connectivity index (χ4v) is 2.70. The van der Waals surface area contributed by atoms with Crippen LogP contribution in [0, 0.1) is 0 Å². The van der Waals surface area contributed by atoms with Gasteiger partial charge in [-0.2, -0.15) is 0 Å². The molecule has 0 radical (unpaired) electrons. The minimum Gasteiger partial charge on any atom is -0.484 e. The average molecular weight is 376 g/mol. The van der Waals surface area contributed by atoms with Crippen LogP contribution in [0.1, 0.15) is 19.4 Å². The number of carbonyl (C=O) groups is 1. The number of pyridine rings is 1. The Hall–Kier alpha value is -3.34. The number of hydrogen-bond donors (Lipinski definition) is 0. The molecule has 2 aromatic carbocycles. The molecular formula is C23H24N2O3. The van der Waals surface area contributed by atoms with E-state index in [1.165, 1.54) is 0 Å². The normalized spacial score (nSPS) is 10.5. The van der Waals surface area contributed by atoms with Gasteiger partial charge in [-0.15, -0.1) is 0 Å². The third-order valence-corrected chi connectivity index (χ3v) is 4.19. The van der Waals surface area contributed by atoms with Gasteiger partial charge in [0, 0.05) is 24.8 Å². The molecule has 0 bridgehead atoms. The largest absolute Gasteiger partial charge is 0.484 e. The molecule has 1 amide bonds. The summed E-state index contributed by atoms with van der Waals surface area (Å²) in [7, 11) is 0. The SMILES string of the molecule is CC(C)N(Cc1ccccc1)C(=O)COc1ccc(Oc2ccccn2)cc1. The number of benzene rings is 2. The summed E-state index contributed by atoms with van der Waals surface area (Å²) in [6.45, 7) is 4.57. The van der Waals surface area contributed by atoms with Crippen LogP contribution in [0.2, 0.25) is 0 Å². The lowest BCUT2D eigenvalue weighted by Gasteiger charge is -2.27. The smallest absolute Gasteiger partial charge is 0.261 e. The standard InChI is InChI=1S/C23H24N2O3/c1-18(2)25(16-19-8-4-3-5-9-19)23(26)17-27-20-11-13-21(14-12-20)28-22-10-6-7-15-24-22/h3-15,18H,16-17H2,1-2H3. The summed E-state index contributed by atoms with van der Waals surface area (Å²) in [5, 5.41) is 0. The van der Waals surface area contributed by atoms with E-state index in [4.69, 9.17) is 9.47 Å². The lowest BCUT2D eigenvalue weighted by Crippen LogP contribution is -2.39. The monoisotopic (exact) mass is 376 g/mol. The summed E-state index contributed by atoms with van der Waals surface area (Å²) in [6, 6.07) is 22.7. The van der Waals surface area contributed by atoms with Crippen molar-refractivity contribution in [3.05, 3.63) is 84.6 Å². The maximum atomic E-state index is 12.6. The van der Waals surface area contributed by atoms with Crippen LogP contribution in [0.3, 0.4) is 0 Å². The van der Waals surface area contributed by atoms with Crippen LogP contribution in [0.4, 0.5) is 0 Å². The Morgan fingerprint density at radius 3 is 2.25 bits per heavy atom. The Labute approximate surface area is 165 Å². The molecule has 0 spiro atoms. The van der Waals surface area contributed by atoms with Gasteiger partial charge in [-0.05, 0) is 49.7 Å². The van der Waals surface area contributed by atoms with Gasteiger partial charge in [-0.3, -0.25) is 4.79 Å². The first-order valence-corrected chi connectivity index (χ1v) is 9.27. The molecule has 0 atom stereocenters. The van der Waals surface area contributed by atoms with Crippen molar-refractivity contribution in [1.82, 2.24) is 9.88 Å². The molecule has 0 N–H and O–H groups in total. The second-order valence-corrected chi connectivity index (χ2v) is 6.63. The fraction of sp³-hybridized carbons (Fsp3) is 0.217. The van der Waals surface area contributed by atoms with Crippen molar-refractivity contribution in [3.63, 3.8) is 0 Å². The van der Waals surface area contributed by atoms with Crippen molar-refractivity contribution in [2.45, 2.75) is 26.4 Å². The van der Waals surface area contributed by atoms with Crippen molar-refractivity contribution < 1.29 is 14.3 Å². The Morgan fingerprint density at radius 1 is 0.929 bits per heavy atom. The molecule has 0 saturated heterocycles. The lowest BCUT2D eigenvalue weighted by atomic mass is 10.2. The van der Waals surface area contributed by atoms with Crippen LogP contribution in [0.25, 0.3) is 0 Å². The van der Waals surface area contributed by atoms with Gasteiger partial charge in [0.25, 0.3) is 5.91 Å². The molecule has 0 fully saturated rings. The van der Waals surface area contributed by atoms with Crippen molar-refractivity contribution in [1.29, 1.82) is 0 Å². The summed E-state index contributed by atoms with van der Waals surface area (Å²) in [6.07, 6.45) is 1.67. The molecule has 28 heavy (non-hydrogen) atoms. The van der Waals surface area contributed by atoms with E-state index in [9.17, 15) is 4.79 Å². The predicted octanol–water partition coefficient (Wildman–Crippen LogP) is 4.69. The van der Waals surface area contributed by atoms with Gasteiger partial charge in [-0.1, -0.05) is 36.4 Å². The zero-order chi connectivity index (χ0) is 19.8. The van der Waals surface area contributed by atoms with Gasteiger partial charge in [-0.25, -0.2) is 4.98 Å². The minimum atomic E-state index is -0.0485. The molecule has 5 nitrogen and oxygen atoms in total. The zero-order valence-corrected chi connectivity index (χ0v) is 16.1. The second-order valence-electron chi connectivity index (χ2n) is 6.63. The first-order chi connectivity index (χ1) is 13.6. The van der Waals surface area contributed by atoms with E-state index in [0.717, 1.165) is 5.56 Å². The van der Waals surface area contributed by atoms with Crippen LogP contribution >= 0.6 is 0 Å². The highest BCUT2D eigenvalue weighted by molar-refractivity contribution is 5.78. The van der Waals surface area contributed by atoms with Gasteiger partial charge in [0.2, 0.25) is 5.88 Å². The predicted molar refractivity (Wildman–Crippen MR) is 108 cm³/mol. The molecule has 0 unspecified atom stereocenters. The third-order valence-electron chi connectivity index (χ3n) is 4.19. The number of ether oxygens (including phenoxy) is 2. The molecule has 0 aliphatic carbocycles. The van der Waals surface area contributed by atoms with Crippen molar-refractivity contribution in [2.75, 3.05) is 6.61 Å². The highest BCUT2D eigenvalue weighted by atomic mass is 16.5. The van der Waals surface area contributed by atoms with E-state index >= 15 is 0 Å². The molecule has 1 aromatic heterocycles. The molecule has 3 aromatic rings. The highest BCUT2D eigenvalue weighted by Crippen LogP contribution is 2.22. The number of rotatable bonds is 8. The number of aromatic nitrogens is 1. The van der Waals surface area contributed by atoms with Gasteiger partial charge < -0.3 is 14.4 Å². The Kier molecular flexibility index (Phi) is 6.63. The third kappa shape index (κ3) is 5.58. The summed E-state index contributed by atoms with van der Waals surface area (Å²) in [4.78, 5) is 18.6. The Balaban J connectivity index is 1.55. The molecule has 3 rings (SSSR count). The van der Waals surface area contributed by atoms with E-state index in [1.807, 2.05) is 61.2 Å². The van der Waals surface area contributed by atoms with E-state index in [-0.39, 0.29) is 18.6 Å². The Morgan fingerprint density at radius 2 is 1.61 bits per heavy atom. The van der Waals surface area contributed by atoms with Crippen LogP contribution in [-0.2, 0) is 11.3 Å².